The van der Waals surface area contributed by atoms with Gasteiger partial charge in [-0.3, -0.25) is 0 Å². The number of rotatable bonds is 8. The number of anilines is 8. The normalized spacial score (nSPS) is 13.7. The van der Waals surface area contributed by atoms with Crippen LogP contribution in [0.15, 0.2) is 391 Å². The molecule has 9 heteroatoms. The van der Waals surface area contributed by atoms with Gasteiger partial charge in [0.05, 0.1) is 33.0 Å². The van der Waals surface area contributed by atoms with Gasteiger partial charge in [-0.2, -0.15) is 0 Å². The molecule has 0 unspecified atom stereocenters. The van der Waals surface area contributed by atoms with Crippen molar-refractivity contribution in [2.75, 3.05) is 15.1 Å². The number of hydrogen-bond acceptors (Lipinski definition) is 7. The Balaban J connectivity index is 0.000000145. The molecule has 704 valence electrons. The van der Waals surface area contributed by atoms with Crippen LogP contribution < -0.4 is 15.1 Å². The van der Waals surface area contributed by atoms with E-state index in [1.165, 1.54) is 89.0 Å². The lowest BCUT2D eigenvalue weighted by atomic mass is 9.70. The van der Waals surface area contributed by atoms with E-state index in [1.54, 1.807) is 0 Å². The fraction of sp³-hybridized carbons (Fsp3) is 0.194. The van der Waals surface area contributed by atoms with E-state index in [4.69, 9.17) is 17.7 Å². The smallest absolute Gasteiger partial charge is 0.145 e. The number of benzene rings is 18. The van der Waals surface area contributed by atoms with Crippen LogP contribution in [-0.4, -0.2) is 0 Å². The van der Waals surface area contributed by atoms with Crippen molar-refractivity contribution >= 4 is 165 Å². The predicted molar refractivity (Wildman–Crippen MR) is 608 cm³/mol. The summed E-state index contributed by atoms with van der Waals surface area (Å²) in [5.74, 6) is 0. The predicted octanol–water partition coefficient (Wildman–Crippen LogP) is 39.3. The molecule has 0 saturated heterocycles. The van der Waals surface area contributed by atoms with Crippen LogP contribution in [0, 0.1) is 0 Å². The highest BCUT2D eigenvalue weighted by molar-refractivity contribution is 9.11. The molecule has 4 heterocycles. The van der Waals surface area contributed by atoms with E-state index in [0.717, 1.165) is 176 Å². The lowest BCUT2D eigenvalue weighted by Crippen LogP contribution is -2.26. The van der Waals surface area contributed by atoms with Crippen molar-refractivity contribution in [1.29, 1.82) is 0 Å². The first-order valence-corrected chi connectivity index (χ1v) is 51.8. The van der Waals surface area contributed by atoms with E-state index >= 15 is 0 Å². The molecule has 0 bridgehead atoms. The molecule has 1 N–H and O–H groups in total. The van der Waals surface area contributed by atoms with Crippen LogP contribution in [0.4, 0.5) is 45.5 Å². The van der Waals surface area contributed by atoms with Crippen LogP contribution in [0.5, 0.6) is 0 Å². The number of nitrogens with one attached hydrogen (secondary N) is 1. The molecule has 0 amide bonds. The van der Waals surface area contributed by atoms with Crippen molar-refractivity contribution in [2.24, 2.45) is 0 Å². The van der Waals surface area contributed by atoms with Gasteiger partial charge in [0.2, 0.25) is 0 Å². The van der Waals surface area contributed by atoms with Gasteiger partial charge in [-0.1, -0.05) is 399 Å². The Bertz CT molecular complexity index is 8280. The third-order valence-corrected chi connectivity index (χ3v) is 32.0. The largest absolute Gasteiger partial charge is 0.455 e. The molecular formula is C134H115Br2N3O4. The Morgan fingerprint density at radius 1 is 0.217 bits per heavy atom. The zero-order chi connectivity index (χ0) is 98.8. The van der Waals surface area contributed by atoms with Crippen LogP contribution in [0.25, 0.3) is 132 Å². The molecule has 0 atom stereocenters. The summed E-state index contributed by atoms with van der Waals surface area (Å²) in [4.78, 5) is 4.97. The third kappa shape index (κ3) is 14.4. The maximum absolute atomic E-state index is 7.56. The minimum atomic E-state index is -0.822. The van der Waals surface area contributed by atoms with Crippen molar-refractivity contribution in [2.45, 2.75) is 168 Å². The van der Waals surface area contributed by atoms with Crippen LogP contribution >= 0.6 is 31.9 Å². The molecule has 7 nitrogen and oxygen atoms in total. The average molecular weight is 1990 g/mol. The highest BCUT2D eigenvalue weighted by Gasteiger charge is 2.57. The van der Waals surface area contributed by atoms with E-state index in [2.05, 4.69) is 523 Å². The lowest BCUT2D eigenvalue weighted by molar-refractivity contribution is 0.590. The van der Waals surface area contributed by atoms with Gasteiger partial charge in [-0.15, -0.1) is 0 Å². The Labute approximate surface area is 854 Å². The third-order valence-electron chi connectivity index (χ3n) is 30.7. The minimum Gasteiger partial charge on any atom is -0.455 e. The van der Waals surface area contributed by atoms with E-state index in [9.17, 15) is 0 Å². The molecule has 22 aromatic rings. The maximum Gasteiger partial charge on any atom is 0.145 e. The second kappa shape index (κ2) is 33.1. The molecule has 0 radical (unpaired) electrons. The van der Waals surface area contributed by atoms with E-state index in [1.807, 2.05) is 12.1 Å². The van der Waals surface area contributed by atoms with Crippen LogP contribution in [0.2, 0.25) is 0 Å². The molecule has 0 saturated carbocycles. The Morgan fingerprint density at radius 3 is 0.664 bits per heavy atom. The first-order chi connectivity index (χ1) is 68.5. The first kappa shape index (κ1) is 91.0. The molecule has 4 aliphatic rings. The molecule has 4 aromatic heterocycles. The Kier molecular flexibility index (Phi) is 21.0. The summed E-state index contributed by atoms with van der Waals surface area (Å²) in [6.07, 6.45) is 0. The molecule has 18 aromatic carbocycles. The quantitative estimate of drug-likeness (QED) is 0.163. The summed E-state index contributed by atoms with van der Waals surface area (Å²) < 4.78 is 30.7. The van der Waals surface area contributed by atoms with E-state index in [0.29, 0.717) is 0 Å². The van der Waals surface area contributed by atoms with Gasteiger partial charge >= 0.3 is 0 Å². The average Bonchev–Trinajstić information content (AvgIpc) is 1.49. The number of fused-ring (bicyclic) bond motifs is 36. The minimum absolute atomic E-state index is 0.0249. The molecule has 0 aliphatic heterocycles. The highest BCUT2D eigenvalue weighted by atomic mass is 79.9. The molecule has 0 fully saturated rings. The monoisotopic (exact) mass is 1990 g/mol. The fourth-order valence-corrected chi connectivity index (χ4v) is 24.7. The summed E-state index contributed by atoms with van der Waals surface area (Å²) in [7, 11) is 0. The Hall–Kier alpha value is -14.5. The molecule has 26 rings (SSSR count). The maximum atomic E-state index is 7.56. The van der Waals surface area contributed by atoms with Crippen molar-refractivity contribution in [1.82, 2.24) is 0 Å². The highest BCUT2D eigenvalue weighted by Crippen LogP contribution is 2.71. The molecule has 143 heavy (non-hydrogen) atoms. The number of furan rings is 4. The van der Waals surface area contributed by atoms with Gasteiger partial charge in [0.1, 0.15) is 44.7 Å². The van der Waals surface area contributed by atoms with Gasteiger partial charge in [0, 0.05) is 97.6 Å². The summed E-state index contributed by atoms with van der Waals surface area (Å²) >= 11 is 8.01. The summed E-state index contributed by atoms with van der Waals surface area (Å²) in [5, 5.41) is 12.1. The van der Waals surface area contributed by atoms with Crippen molar-refractivity contribution in [3.05, 3.63) is 451 Å². The Morgan fingerprint density at radius 2 is 0.420 bits per heavy atom. The van der Waals surface area contributed by atoms with Crippen molar-refractivity contribution < 1.29 is 17.7 Å². The van der Waals surface area contributed by atoms with Gasteiger partial charge in [-0.05, 0) is 254 Å². The van der Waals surface area contributed by atoms with E-state index < -0.39 is 10.8 Å². The number of nitrogens with zero attached hydrogens (tertiary/aromatic N) is 2. The van der Waals surface area contributed by atoms with Gasteiger partial charge in [0.25, 0.3) is 0 Å². The van der Waals surface area contributed by atoms with Gasteiger partial charge in [-0.25, -0.2) is 0 Å². The fourth-order valence-electron chi connectivity index (χ4n) is 23.5. The SMILES string of the molecule is Brc1cc2c(c3oc4ccccc4c13)-c1c(cc(Br)c3c1oc1ccccc13)C21c2ccccc2-c2ccccc21.CC(C)(C)c1ccc(N(c2ccc(C(C)(C)C)cc2)c2cc3c(c4oc5ccccc5c24)-c2c(cc(N(c4ccc(C(C)(C)C)cc4)c4ccc(C(C)(C)C)cc4)c4c2oc2ccccc24)C32c3ccccc3-c3ccccc32)cc1.CC(C)(C)c1ccc(Nc2ccc(C(C)(C)C)cc2)cc1. The first-order valence-electron chi connectivity index (χ1n) is 50.2. The second-order valence-corrected chi connectivity index (χ2v) is 47.4. The number of para-hydroxylation sites is 4. The van der Waals surface area contributed by atoms with Crippen LogP contribution in [-0.2, 0) is 43.3 Å². The number of halogens is 2. The van der Waals surface area contributed by atoms with Crippen LogP contribution in [0.3, 0.4) is 0 Å². The molecule has 2 spiro atoms. The standard InChI is InChI=1S/C77H70N2O2.C37H18Br2O2.C20H27N/c1-73(2,3)47-29-37-51(38-30-47)78(52-39-31-48(32-40-52)74(4,5)6)63-45-61-69(71-67(63)57-23-15-19-27-65(57)80-71)70-62(77(61)59-25-17-13-21-55(59)56-22-14-18-26-60(56)77)46-64(68-58-24-16-20-28-66(58)81-72(68)70)79(53-41-33-49(34-42-53)75(7,8)9)54-43-35-50(36-44-54)76(10,11)12;38-27-17-25-33(35-31(27)21-11-3-7-15-29(21)40-35)34-26(18-28(39)32-22-12-4-8-16-30(22)41-36(32)34)37(25)23-13-5-1-9-19(23)20-10-2-6-14-24(20)37;1-19(2,3)15-7-11-17(12-8-15)21-18-13-9-16(10-14-18)20(4,5)6/h13-46H,1-12H3;1-18H;7-14,21H,1-6H3. The summed E-state index contributed by atoms with van der Waals surface area (Å²) in [6.45, 7) is 40.9. The zero-order valence-electron chi connectivity index (χ0n) is 84.4. The van der Waals surface area contributed by atoms with Gasteiger partial charge < -0.3 is 32.8 Å². The number of hydrogen-bond donors (Lipinski definition) is 1. The summed E-state index contributed by atoms with van der Waals surface area (Å²) in [6, 6.07) is 134. The molecule has 4 aliphatic carbocycles. The lowest BCUT2D eigenvalue weighted by Gasteiger charge is -2.34. The summed E-state index contributed by atoms with van der Waals surface area (Å²) in [5.41, 5.74) is 41.5. The van der Waals surface area contributed by atoms with Crippen molar-refractivity contribution in [3.8, 4) is 44.5 Å². The molecular weight excluding hydrogens is 1880 g/mol. The van der Waals surface area contributed by atoms with Gasteiger partial charge in [0.15, 0.2) is 0 Å². The topological polar surface area (TPSA) is 71.1 Å². The van der Waals surface area contributed by atoms with Crippen molar-refractivity contribution in [3.63, 3.8) is 0 Å². The van der Waals surface area contributed by atoms with E-state index in [-0.39, 0.29) is 32.5 Å². The van der Waals surface area contributed by atoms with Crippen LogP contribution in [0.1, 0.15) is 203 Å². The zero-order valence-corrected chi connectivity index (χ0v) is 87.6. The second-order valence-electron chi connectivity index (χ2n) is 45.7.